The molecule has 0 saturated carbocycles. The van der Waals surface area contributed by atoms with Gasteiger partial charge < -0.3 is 19.5 Å². The van der Waals surface area contributed by atoms with Crippen LogP contribution in [0, 0.1) is 0 Å². The molecule has 2 aromatic carbocycles. The van der Waals surface area contributed by atoms with E-state index in [1.54, 1.807) is 31.4 Å². The Kier molecular flexibility index (Phi) is 6.17. The average Bonchev–Trinajstić information content (AvgIpc) is 2.70. The molecule has 1 heterocycles. The highest BCUT2D eigenvalue weighted by atomic mass is 32.2. The zero-order chi connectivity index (χ0) is 21.0. The van der Waals surface area contributed by atoms with Crippen molar-refractivity contribution in [2.45, 2.75) is 13.0 Å². The van der Waals surface area contributed by atoms with Crippen molar-refractivity contribution in [1.82, 2.24) is 5.32 Å². The molecule has 0 spiro atoms. The second kappa shape index (κ2) is 8.60. The number of para-hydroxylation sites is 1. The molecular formula is C20H24N2O6S. The number of fused-ring (bicyclic) bond motifs is 1. The highest BCUT2D eigenvalue weighted by Crippen LogP contribution is 2.34. The van der Waals surface area contributed by atoms with Gasteiger partial charge in [-0.05, 0) is 25.1 Å². The van der Waals surface area contributed by atoms with E-state index in [9.17, 15) is 13.2 Å². The molecule has 2 aromatic rings. The van der Waals surface area contributed by atoms with Crippen LogP contribution in [0.4, 0.5) is 5.69 Å². The number of benzene rings is 2. The van der Waals surface area contributed by atoms with Crippen LogP contribution < -0.4 is 23.8 Å². The van der Waals surface area contributed by atoms with Crippen LogP contribution in [0.5, 0.6) is 17.2 Å². The summed E-state index contributed by atoms with van der Waals surface area (Å²) in [7, 11) is -2.15. The van der Waals surface area contributed by atoms with E-state index in [1.807, 2.05) is 25.1 Å². The summed E-state index contributed by atoms with van der Waals surface area (Å²) in [5.41, 5.74) is 1.13. The minimum Gasteiger partial charge on any atom is -0.496 e. The molecule has 0 bridgehead atoms. The molecule has 1 amide bonds. The Labute approximate surface area is 170 Å². The third kappa shape index (κ3) is 4.92. The van der Waals surface area contributed by atoms with Gasteiger partial charge >= 0.3 is 0 Å². The van der Waals surface area contributed by atoms with Crippen LogP contribution in [0.3, 0.4) is 0 Å². The second-order valence-electron chi connectivity index (χ2n) is 6.63. The number of carbonyl (C=O) groups is 1. The monoisotopic (exact) mass is 420 g/mol. The van der Waals surface area contributed by atoms with E-state index in [2.05, 4.69) is 5.32 Å². The molecule has 0 saturated heterocycles. The Morgan fingerprint density at radius 2 is 1.86 bits per heavy atom. The van der Waals surface area contributed by atoms with E-state index < -0.39 is 15.9 Å². The van der Waals surface area contributed by atoms with Crippen molar-refractivity contribution in [2.24, 2.45) is 0 Å². The number of ether oxygens (including phenoxy) is 3. The summed E-state index contributed by atoms with van der Waals surface area (Å²) in [6, 6.07) is 11.8. The van der Waals surface area contributed by atoms with Gasteiger partial charge in [0.15, 0.2) is 11.5 Å². The Morgan fingerprint density at radius 1 is 1.17 bits per heavy atom. The summed E-state index contributed by atoms with van der Waals surface area (Å²) in [6.45, 7) is 2.26. The fraction of sp³-hybridized carbons (Fsp3) is 0.350. The molecule has 1 atom stereocenters. The summed E-state index contributed by atoms with van der Waals surface area (Å²) >= 11 is 0. The maximum atomic E-state index is 12.6. The summed E-state index contributed by atoms with van der Waals surface area (Å²) in [4.78, 5) is 12.6. The van der Waals surface area contributed by atoms with Crippen molar-refractivity contribution in [3.8, 4) is 17.2 Å². The fourth-order valence-electron chi connectivity index (χ4n) is 3.11. The third-order valence-electron chi connectivity index (χ3n) is 4.48. The van der Waals surface area contributed by atoms with Crippen molar-refractivity contribution < 1.29 is 27.4 Å². The number of methoxy groups -OCH3 is 1. The molecule has 0 unspecified atom stereocenters. The fourth-order valence-corrected chi connectivity index (χ4v) is 3.95. The number of nitrogens with zero attached hydrogens (tertiary/aromatic N) is 1. The number of amides is 1. The van der Waals surface area contributed by atoms with Crippen molar-refractivity contribution in [3.05, 3.63) is 48.0 Å². The lowest BCUT2D eigenvalue weighted by molar-refractivity contribution is -0.120. The maximum absolute atomic E-state index is 12.6. The number of sulfonamides is 1. The minimum atomic E-state index is -3.70. The van der Waals surface area contributed by atoms with Gasteiger partial charge in [0.05, 0.1) is 25.1 Å². The standard InChI is InChI=1S/C20H24N2O6S/c1-14(16-6-4-5-7-17(16)26-2)21-20(23)13-22(29(3,24)25)15-8-9-18-19(12-15)28-11-10-27-18/h4-9,12,14H,10-11,13H2,1-3H3,(H,21,23)/t14-/m1/s1. The van der Waals surface area contributed by atoms with Gasteiger partial charge in [0, 0.05) is 11.6 Å². The molecule has 0 radical (unpaired) electrons. The first-order valence-electron chi connectivity index (χ1n) is 9.09. The SMILES string of the molecule is COc1ccccc1[C@@H](C)NC(=O)CN(c1ccc2c(c1)OCCO2)S(C)(=O)=O. The van der Waals surface area contributed by atoms with Crippen LogP contribution in [0.2, 0.25) is 0 Å². The quantitative estimate of drug-likeness (QED) is 0.737. The zero-order valence-electron chi connectivity index (χ0n) is 16.5. The summed E-state index contributed by atoms with van der Waals surface area (Å²) in [5, 5.41) is 2.82. The Balaban J connectivity index is 1.78. The lowest BCUT2D eigenvalue weighted by Crippen LogP contribution is -2.41. The van der Waals surface area contributed by atoms with Crippen LogP contribution in [0.25, 0.3) is 0 Å². The lowest BCUT2D eigenvalue weighted by Gasteiger charge is -2.25. The Morgan fingerprint density at radius 3 is 2.55 bits per heavy atom. The third-order valence-corrected chi connectivity index (χ3v) is 5.62. The van der Waals surface area contributed by atoms with E-state index in [0.717, 1.165) is 16.1 Å². The minimum absolute atomic E-state index is 0.330. The summed E-state index contributed by atoms with van der Waals surface area (Å²) in [6.07, 6.45) is 1.06. The van der Waals surface area contributed by atoms with E-state index >= 15 is 0 Å². The van der Waals surface area contributed by atoms with Gasteiger partial charge in [0.25, 0.3) is 0 Å². The maximum Gasteiger partial charge on any atom is 0.241 e. The van der Waals surface area contributed by atoms with Crippen LogP contribution in [0.1, 0.15) is 18.5 Å². The molecule has 0 aliphatic carbocycles. The summed E-state index contributed by atoms with van der Waals surface area (Å²) < 4.78 is 42.0. The first kappa shape index (κ1) is 20.8. The van der Waals surface area contributed by atoms with Gasteiger partial charge in [0.2, 0.25) is 15.9 Å². The number of rotatable bonds is 7. The van der Waals surface area contributed by atoms with E-state index in [1.165, 1.54) is 0 Å². The van der Waals surface area contributed by atoms with Crippen LogP contribution >= 0.6 is 0 Å². The van der Waals surface area contributed by atoms with Crippen LogP contribution in [-0.4, -0.2) is 47.4 Å². The highest BCUT2D eigenvalue weighted by Gasteiger charge is 2.24. The molecule has 1 N–H and O–H groups in total. The normalized spacial score (nSPS) is 14.0. The molecule has 8 nitrogen and oxygen atoms in total. The Bertz CT molecular complexity index is 992. The van der Waals surface area contributed by atoms with Gasteiger partial charge in [-0.1, -0.05) is 18.2 Å². The molecule has 156 valence electrons. The number of carbonyl (C=O) groups excluding carboxylic acids is 1. The molecule has 0 aromatic heterocycles. The molecule has 1 aliphatic rings. The molecule has 9 heteroatoms. The lowest BCUT2D eigenvalue weighted by atomic mass is 10.1. The van der Waals surface area contributed by atoms with Gasteiger partial charge in [-0.15, -0.1) is 0 Å². The molecule has 3 rings (SSSR count). The average molecular weight is 420 g/mol. The Hall–Kier alpha value is -2.94. The predicted molar refractivity (Wildman–Crippen MR) is 109 cm³/mol. The van der Waals surface area contributed by atoms with Gasteiger partial charge in [0.1, 0.15) is 25.5 Å². The van der Waals surface area contributed by atoms with Crippen molar-refractivity contribution >= 4 is 21.6 Å². The molecule has 0 fully saturated rings. The van der Waals surface area contributed by atoms with Gasteiger partial charge in [-0.25, -0.2) is 8.42 Å². The molecular weight excluding hydrogens is 396 g/mol. The topological polar surface area (TPSA) is 94.2 Å². The zero-order valence-corrected chi connectivity index (χ0v) is 17.4. The summed E-state index contributed by atoms with van der Waals surface area (Å²) in [5.74, 6) is 1.20. The van der Waals surface area contributed by atoms with Crippen molar-refractivity contribution in [2.75, 3.05) is 37.4 Å². The molecule has 29 heavy (non-hydrogen) atoms. The smallest absolute Gasteiger partial charge is 0.241 e. The van der Waals surface area contributed by atoms with Gasteiger partial charge in [-0.3, -0.25) is 9.10 Å². The van der Waals surface area contributed by atoms with E-state index in [0.29, 0.717) is 36.1 Å². The van der Waals surface area contributed by atoms with Crippen LogP contribution in [-0.2, 0) is 14.8 Å². The number of nitrogens with one attached hydrogen (secondary N) is 1. The first-order valence-corrected chi connectivity index (χ1v) is 10.9. The predicted octanol–water partition coefficient (Wildman–Crippen LogP) is 2.11. The number of hydrogen-bond acceptors (Lipinski definition) is 6. The van der Waals surface area contributed by atoms with Gasteiger partial charge in [-0.2, -0.15) is 0 Å². The van der Waals surface area contributed by atoms with Crippen molar-refractivity contribution in [3.63, 3.8) is 0 Å². The highest BCUT2D eigenvalue weighted by molar-refractivity contribution is 7.92. The number of anilines is 1. The van der Waals surface area contributed by atoms with E-state index in [-0.39, 0.29) is 12.6 Å². The van der Waals surface area contributed by atoms with Crippen LogP contribution in [0.15, 0.2) is 42.5 Å². The largest absolute Gasteiger partial charge is 0.496 e. The molecule has 1 aliphatic heterocycles. The first-order chi connectivity index (χ1) is 13.8. The van der Waals surface area contributed by atoms with Crippen molar-refractivity contribution in [1.29, 1.82) is 0 Å². The second-order valence-corrected chi connectivity index (χ2v) is 8.54. The number of hydrogen-bond donors (Lipinski definition) is 1. The van der Waals surface area contributed by atoms with E-state index in [4.69, 9.17) is 14.2 Å².